The molecule has 1 heterocycles. The Hall–Kier alpha value is -2.57. The van der Waals surface area contributed by atoms with E-state index in [0.717, 1.165) is 24.2 Å². The molecule has 0 spiro atoms. The second-order valence-corrected chi connectivity index (χ2v) is 7.60. The number of benzene rings is 2. The minimum absolute atomic E-state index is 0.580. The number of nitriles is 1. The third kappa shape index (κ3) is 3.38. The molecular formula is C23H25N3. The Balaban J connectivity index is 1.52. The molecule has 2 atom stereocenters. The zero-order valence-corrected chi connectivity index (χ0v) is 15.3. The molecule has 0 saturated heterocycles. The molecule has 1 aromatic heterocycles. The monoisotopic (exact) mass is 343 g/mol. The maximum absolute atomic E-state index is 9.24. The van der Waals surface area contributed by atoms with Crippen molar-refractivity contribution in [3.05, 3.63) is 71.4 Å². The summed E-state index contributed by atoms with van der Waals surface area (Å²) in [5, 5.41) is 10.5. The van der Waals surface area contributed by atoms with Gasteiger partial charge in [0.25, 0.3) is 0 Å². The quantitative estimate of drug-likeness (QED) is 0.704. The molecule has 3 heteroatoms. The normalized spacial score (nSPS) is 19.9. The van der Waals surface area contributed by atoms with E-state index in [1.807, 2.05) is 18.2 Å². The van der Waals surface area contributed by atoms with Crippen molar-refractivity contribution in [2.24, 2.45) is 5.92 Å². The van der Waals surface area contributed by atoms with Crippen LogP contribution in [0.5, 0.6) is 0 Å². The summed E-state index contributed by atoms with van der Waals surface area (Å²) in [6.45, 7) is 2.11. The molecule has 1 saturated carbocycles. The van der Waals surface area contributed by atoms with Crippen LogP contribution in [0.3, 0.4) is 0 Å². The molecule has 0 radical (unpaired) electrons. The zero-order chi connectivity index (χ0) is 17.9. The summed E-state index contributed by atoms with van der Waals surface area (Å²) < 4.78 is 0. The minimum Gasteiger partial charge on any atom is -0.361 e. The third-order valence-electron chi connectivity index (χ3n) is 5.74. The van der Waals surface area contributed by atoms with Gasteiger partial charge in [0.15, 0.2) is 0 Å². The van der Waals surface area contributed by atoms with Gasteiger partial charge in [-0.3, -0.25) is 0 Å². The number of nitrogens with zero attached hydrogens (tertiary/aromatic N) is 2. The Morgan fingerprint density at radius 1 is 1.15 bits per heavy atom. The Labute approximate surface area is 155 Å². The van der Waals surface area contributed by atoms with Crippen molar-refractivity contribution in [2.75, 3.05) is 13.6 Å². The first-order chi connectivity index (χ1) is 12.7. The summed E-state index contributed by atoms with van der Waals surface area (Å²) in [7, 11) is 2.23. The van der Waals surface area contributed by atoms with E-state index in [1.165, 1.54) is 35.8 Å². The number of rotatable bonds is 5. The van der Waals surface area contributed by atoms with Crippen molar-refractivity contribution in [2.45, 2.75) is 31.7 Å². The molecule has 132 valence electrons. The highest BCUT2D eigenvalue weighted by Gasteiger charge is 2.31. The van der Waals surface area contributed by atoms with Crippen molar-refractivity contribution < 1.29 is 0 Å². The first kappa shape index (κ1) is 16.9. The molecule has 1 aliphatic carbocycles. The smallest absolute Gasteiger partial charge is 0.0991 e. The van der Waals surface area contributed by atoms with Gasteiger partial charge in [-0.15, -0.1) is 0 Å². The number of aromatic amines is 1. The van der Waals surface area contributed by atoms with Crippen LogP contribution in [0.15, 0.2) is 54.7 Å². The van der Waals surface area contributed by atoms with Crippen LogP contribution in [0.25, 0.3) is 10.9 Å². The van der Waals surface area contributed by atoms with Crippen molar-refractivity contribution >= 4 is 10.9 Å². The molecule has 4 rings (SSSR count). The predicted octanol–water partition coefficient (Wildman–Crippen LogP) is 5.06. The van der Waals surface area contributed by atoms with Crippen LogP contribution in [0.4, 0.5) is 0 Å². The molecule has 0 aliphatic heterocycles. The third-order valence-corrected chi connectivity index (χ3v) is 5.74. The fourth-order valence-electron chi connectivity index (χ4n) is 4.54. The van der Waals surface area contributed by atoms with Gasteiger partial charge in [0, 0.05) is 30.2 Å². The Morgan fingerprint density at radius 3 is 2.81 bits per heavy atom. The van der Waals surface area contributed by atoms with E-state index in [9.17, 15) is 5.26 Å². The van der Waals surface area contributed by atoms with Gasteiger partial charge >= 0.3 is 0 Å². The van der Waals surface area contributed by atoms with Gasteiger partial charge in [-0.1, -0.05) is 36.8 Å². The number of nitrogens with one attached hydrogen (secondary N) is 1. The van der Waals surface area contributed by atoms with Gasteiger partial charge in [-0.2, -0.15) is 5.26 Å². The summed E-state index contributed by atoms with van der Waals surface area (Å²) >= 11 is 0. The molecule has 0 bridgehead atoms. The Morgan fingerprint density at radius 2 is 2.00 bits per heavy atom. The molecular weight excluding hydrogens is 318 g/mol. The number of fused-ring (bicyclic) bond motifs is 1. The summed E-state index contributed by atoms with van der Waals surface area (Å²) in [4.78, 5) is 5.86. The molecule has 1 aliphatic rings. The molecule has 0 unspecified atom stereocenters. The lowest BCUT2D eigenvalue weighted by Crippen LogP contribution is -2.26. The zero-order valence-electron chi connectivity index (χ0n) is 15.3. The summed E-state index contributed by atoms with van der Waals surface area (Å²) in [5.74, 6) is 1.25. The van der Waals surface area contributed by atoms with E-state index in [4.69, 9.17) is 0 Å². The number of hydrogen-bond donors (Lipinski definition) is 1. The molecule has 3 nitrogen and oxygen atoms in total. The van der Waals surface area contributed by atoms with Crippen LogP contribution in [-0.2, 0) is 6.54 Å². The van der Waals surface area contributed by atoms with Gasteiger partial charge in [-0.25, -0.2) is 0 Å². The Kier molecular flexibility index (Phi) is 4.77. The molecule has 2 aromatic carbocycles. The summed E-state index contributed by atoms with van der Waals surface area (Å²) in [5.41, 5.74) is 4.65. The molecule has 3 aromatic rings. The topological polar surface area (TPSA) is 42.8 Å². The van der Waals surface area contributed by atoms with Crippen molar-refractivity contribution in [1.29, 1.82) is 5.26 Å². The SMILES string of the molecule is CN(Cc1ccccc1)C[C@@H]1CCC[C@H]1c1c[nH]c2ccc(C#N)cc12. The molecule has 1 N–H and O–H groups in total. The van der Waals surface area contributed by atoms with Crippen LogP contribution < -0.4 is 0 Å². The van der Waals surface area contributed by atoms with E-state index in [1.54, 1.807) is 0 Å². The average molecular weight is 343 g/mol. The van der Waals surface area contributed by atoms with Crippen LogP contribution in [0, 0.1) is 17.2 Å². The largest absolute Gasteiger partial charge is 0.361 e. The number of H-pyrrole nitrogens is 1. The van der Waals surface area contributed by atoms with Gasteiger partial charge in [0.1, 0.15) is 0 Å². The van der Waals surface area contributed by atoms with Crippen LogP contribution in [-0.4, -0.2) is 23.5 Å². The number of hydrogen-bond acceptors (Lipinski definition) is 2. The fraction of sp³-hybridized carbons (Fsp3) is 0.348. The van der Waals surface area contributed by atoms with E-state index in [-0.39, 0.29) is 0 Å². The van der Waals surface area contributed by atoms with Gasteiger partial charge in [-0.05, 0) is 61.1 Å². The van der Waals surface area contributed by atoms with E-state index in [2.05, 4.69) is 59.5 Å². The second-order valence-electron chi connectivity index (χ2n) is 7.60. The number of aromatic nitrogens is 1. The maximum atomic E-state index is 9.24. The van der Waals surface area contributed by atoms with Gasteiger partial charge in [0.05, 0.1) is 11.6 Å². The van der Waals surface area contributed by atoms with Gasteiger partial charge in [0.2, 0.25) is 0 Å². The Bertz CT molecular complexity index is 920. The van der Waals surface area contributed by atoms with E-state index in [0.29, 0.717) is 11.8 Å². The second kappa shape index (κ2) is 7.35. The lowest BCUT2D eigenvalue weighted by molar-refractivity contribution is 0.259. The lowest BCUT2D eigenvalue weighted by atomic mass is 9.88. The minimum atomic E-state index is 0.580. The molecule has 1 fully saturated rings. The highest BCUT2D eigenvalue weighted by Crippen LogP contribution is 2.42. The van der Waals surface area contributed by atoms with Crippen LogP contribution in [0.1, 0.15) is 41.9 Å². The van der Waals surface area contributed by atoms with Crippen molar-refractivity contribution in [3.63, 3.8) is 0 Å². The fourth-order valence-corrected chi connectivity index (χ4v) is 4.54. The van der Waals surface area contributed by atoms with Crippen LogP contribution in [0.2, 0.25) is 0 Å². The molecule has 26 heavy (non-hydrogen) atoms. The lowest BCUT2D eigenvalue weighted by Gasteiger charge is -2.25. The van der Waals surface area contributed by atoms with Gasteiger partial charge < -0.3 is 9.88 Å². The van der Waals surface area contributed by atoms with E-state index >= 15 is 0 Å². The van der Waals surface area contributed by atoms with Crippen molar-refractivity contribution in [3.8, 4) is 6.07 Å². The summed E-state index contributed by atoms with van der Waals surface area (Å²) in [6.07, 6.45) is 5.99. The standard InChI is InChI=1S/C23H25N3/c1-26(15-17-6-3-2-4-7-17)16-19-8-5-9-20(19)22-14-25-23-11-10-18(13-24)12-21(22)23/h2-4,6-7,10-12,14,19-20,25H,5,8-9,15-16H2,1H3/t19-,20+/m0/s1. The van der Waals surface area contributed by atoms with E-state index < -0.39 is 0 Å². The average Bonchev–Trinajstić information content (AvgIpc) is 3.28. The van der Waals surface area contributed by atoms with Crippen LogP contribution >= 0.6 is 0 Å². The predicted molar refractivity (Wildman–Crippen MR) is 106 cm³/mol. The highest BCUT2D eigenvalue weighted by molar-refractivity contribution is 5.85. The highest BCUT2D eigenvalue weighted by atomic mass is 15.1. The maximum Gasteiger partial charge on any atom is 0.0991 e. The first-order valence-corrected chi connectivity index (χ1v) is 9.48. The molecule has 0 amide bonds. The van der Waals surface area contributed by atoms with Crippen molar-refractivity contribution in [1.82, 2.24) is 9.88 Å². The summed E-state index contributed by atoms with van der Waals surface area (Å²) in [6, 6.07) is 18.9. The first-order valence-electron chi connectivity index (χ1n) is 9.48.